The van der Waals surface area contributed by atoms with Crippen LogP contribution in [-0.4, -0.2) is 36.9 Å². The molecule has 4 nitrogen and oxygen atoms in total. The number of halogens is 1. The van der Waals surface area contributed by atoms with Crippen LogP contribution in [0.15, 0.2) is 24.3 Å². The van der Waals surface area contributed by atoms with Gasteiger partial charge in [0.05, 0.1) is 0 Å². The molecule has 102 valence electrons. The summed E-state index contributed by atoms with van der Waals surface area (Å²) in [6.07, 6.45) is 1.43. The lowest BCUT2D eigenvalue weighted by Crippen LogP contribution is -2.44. The van der Waals surface area contributed by atoms with Crippen LogP contribution in [0.25, 0.3) is 0 Å². The van der Waals surface area contributed by atoms with Crippen molar-refractivity contribution >= 4 is 23.4 Å². The van der Waals surface area contributed by atoms with Crippen LogP contribution in [0.4, 0.5) is 4.79 Å². The Morgan fingerprint density at radius 1 is 1.21 bits per heavy atom. The van der Waals surface area contributed by atoms with Crippen molar-refractivity contribution in [3.8, 4) is 0 Å². The molecular weight excluding hydrogens is 264 g/mol. The molecule has 1 aromatic carbocycles. The predicted octanol–water partition coefficient (Wildman–Crippen LogP) is 2.57. The van der Waals surface area contributed by atoms with Crippen LogP contribution in [0, 0.1) is 5.92 Å². The van der Waals surface area contributed by atoms with E-state index in [0.29, 0.717) is 23.7 Å². The van der Waals surface area contributed by atoms with Gasteiger partial charge in [0.1, 0.15) is 0 Å². The number of Topliss-reactive ketones (excluding diaryl/α,β-unsaturated/α-hetero) is 1. The lowest BCUT2D eigenvalue weighted by atomic mass is 9.89. The van der Waals surface area contributed by atoms with Gasteiger partial charge in [0.25, 0.3) is 0 Å². The number of urea groups is 1. The molecule has 1 aromatic rings. The number of nitrogens with one attached hydrogen (secondary N) is 1. The summed E-state index contributed by atoms with van der Waals surface area (Å²) in [7, 11) is 1.62. The molecule has 0 atom stereocenters. The number of amides is 2. The van der Waals surface area contributed by atoms with Gasteiger partial charge in [0.15, 0.2) is 5.78 Å². The molecule has 1 fully saturated rings. The zero-order chi connectivity index (χ0) is 13.8. The van der Waals surface area contributed by atoms with E-state index in [1.54, 1.807) is 36.2 Å². The average molecular weight is 281 g/mol. The van der Waals surface area contributed by atoms with E-state index in [1.165, 1.54) is 0 Å². The second kappa shape index (κ2) is 6.06. The van der Waals surface area contributed by atoms with Gasteiger partial charge in [-0.25, -0.2) is 4.79 Å². The minimum Gasteiger partial charge on any atom is -0.341 e. The van der Waals surface area contributed by atoms with Crippen molar-refractivity contribution in [2.45, 2.75) is 12.8 Å². The third-order valence-electron chi connectivity index (χ3n) is 3.50. The normalized spacial score (nSPS) is 16.2. The summed E-state index contributed by atoms with van der Waals surface area (Å²) in [6.45, 7) is 1.26. The summed E-state index contributed by atoms with van der Waals surface area (Å²) >= 11 is 5.81. The van der Waals surface area contributed by atoms with Crippen molar-refractivity contribution < 1.29 is 9.59 Å². The Bertz CT molecular complexity index is 465. The number of nitrogens with zero attached hydrogens (tertiary/aromatic N) is 1. The van der Waals surface area contributed by atoms with Gasteiger partial charge in [0, 0.05) is 36.6 Å². The van der Waals surface area contributed by atoms with E-state index in [4.69, 9.17) is 11.6 Å². The number of carbonyl (C=O) groups excluding carboxylic acids is 2. The molecule has 5 heteroatoms. The van der Waals surface area contributed by atoms with Crippen LogP contribution in [-0.2, 0) is 0 Å². The first-order valence-corrected chi connectivity index (χ1v) is 6.76. The Kier molecular flexibility index (Phi) is 4.43. The molecule has 0 aliphatic carbocycles. The fourth-order valence-corrected chi connectivity index (χ4v) is 2.48. The van der Waals surface area contributed by atoms with Gasteiger partial charge in [0.2, 0.25) is 0 Å². The van der Waals surface area contributed by atoms with Crippen LogP contribution in [0.5, 0.6) is 0 Å². The molecule has 1 aliphatic rings. The third-order valence-corrected chi connectivity index (χ3v) is 3.75. The lowest BCUT2D eigenvalue weighted by molar-refractivity contribution is 0.0855. The smallest absolute Gasteiger partial charge is 0.317 e. The molecular formula is C14H17ClN2O2. The molecule has 2 amide bonds. The van der Waals surface area contributed by atoms with Crippen molar-refractivity contribution in [2.24, 2.45) is 5.92 Å². The first-order valence-electron chi connectivity index (χ1n) is 6.38. The third kappa shape index (κ3) is 3.26. The van der Waals surface area contributed by atoms with Gasteiger partial charge in [-0.3, -0.25) is 4.79 Å². The molecule has 0 saturated carbocycles. The number of likely N-dealkylation sites (tertiary alicyclic amines) is 1. The summed E-state index contributed by atoms with van der Waals surface area (Å²) in [6, 6.07) is 6.91. The van der Waals surface area contributed by atoms with E-state index in [1.807, 2.05) is 0 Å². The molecule has 0 aromatic heterocycles. The Labute approximate surface area is 117 Å². The van der Waals surface area contributed by atoms with Crippen LogP contribution in [0.1, 0.15) is 23.2 Å². The van der Waals surface area contributed by atoms with E-state index < -0.39 is 0 Å². The highest BCUT2D eigenvalue weighted by Gasteiger charge is 2.27. The molecule has 1 aliphatic heterocycles. The Hall–Kier alpha value is -1.55. The predicted molar refractivity (Wildman–Crippen MR) is 74.5 cm³/mol. The Balaban J connectivity index is 1.96. The molecule has 1 saturated heterocycles. The molecule has 0 spiro atoms. The van der Waals surface area contributed by atoms with Gasteiger partial charge >= 0.3 is 6.03 Å². The van der Waals surface area contributed by atoms with Crippen molar-refractivity contribution in [2.75, 3.05) is 20.1 Å². The fourth-order valence-electron chi connectivity index (χ4n) is 2.35. The Morgan fingerprint density at radius 3 is 2.32 bits per heavy atom. The average Bonchev–Trinajstić information content (AvgIpc) is 2.46. The summed E-state index contributed by atoms with van der Waals surface area (Å²) in [5.74, 6) is 0.148. The fraction of sp³-hybridized carbons (Fsp3) is 0.429. The first kappa shape index (κ1) is 13.9. The SMILES string of the molecule is CNC(=O)N1CCC(C(=O)c2ccc(Cl)cc2)CC1. The molecule has 0 unspecified atom stereocenters. The first-order chi connectivity index (χ1) is 9.11. The topological polar surface area (TPSA) is 49.4 Å². The molecule has 0 bridgehead atoms. The highest BCUT2D eigenvalue weighted by Crippen LogP contribution is 2.22. The lowest BCUT2D eigenvalue weighted by Gasteiger charge is -2.30. The van der Waals surface area contributed by atoms with E-state index >= 15 is 0 Å². The van der Waals surface area contributed by atoms with Crippen LogP contribution >= 0.6 is 11.6 Å². The largest absolute Gasteiger partial charge is 0.341 e. The maximum absolute atomic E-state index is 12.3. The van der Waals surface area contributed by atoms with Gasteiger partial charge in [-0.1, -0.05) is 11.6 Å². The summed E-state index contributed by atoms with van der Waals surface area (Å²) in [5, 5.41) is 3.23. The van der Waals surface area contributed by atoms with Crippen molar-refractivity contribution in [3.05, 3.63) is 34.9 Å². The highest BCUT2D eigenvalue weighted by molar-refractivity contribution is 6.30. The van der Waals surface area contributed by atoms with E-state index in [9.17, 15) is 9.59 Å². The van der Waals surface area contributed by atoms with Crippen LogP contribution < -0.4 is 5.32 Å². The van der Waals surface area contributed by atoms with Gasteiger partial charge in [-0.15, -0.1) is 0 Å². The maximum Gasteiger partial charge on any atom is 0.317 e. The maximum atomic E-state index is 12.3. The molecule has 1 heterocycles. The minimum atomic E-state index is -0.0719. The summed E-state index contributed by atoms with van der Waals surface area (Å²) in [4.78, 5) is 25.5. The molecule has 2 rings (SSSR count). The van der Waals surface area contributed by atoms with E-state index in [2.05, 4.69) is 5.32 Å². The highest BCUT2D eigenvalue weighted by atomic mass is 35.5. The summed E-state index contributed by atoms with van der Waals surface area (Å²) in [5.41, 5.74) is 0.697. The zero-order valence-corrected chi connectivity index (χ0v) is 11.6. The van der Waals surface area contributed by atoms with E-state index in [-0.39, 0.29) is 17.7 Å². The van der Waals surface area contributed by atoms with Gasteiger partial charge < -0.3 is 10.2 Å². The molecule has 19 heavy (non-hydrogen) atoms. The molecule has 0 radical (unpaired) electrons. The van der Waals surface area contributed by atoms with E-state index in [0.717, 1.165) is 12.8 Å². The van der Waals surface area contributed by atoms with Gasteiger partial charge in [-0.2, -0.15) is 0 Å². The number of hydrogen-bond donors (Lipinski definition) is 1. The number of carbonyl (C=O) groups is 2. The summed E-state index contributed by atoms with van der Waals surface area (Å²) < 4.78 is 0. The Morgan fingerprint density at radius 2 is 1.79 bits per heavy atom. The number of piperidine rings is 1. The molecule has 1 N–H and O–H groups in total. The van der Waals surface area contributed by atoms with Crippen molar-refractivity contribution in [3.63, 3.8) is 0 Å². The van der Waals surface area contributed by atoms with Crippen molar-refractivity contribution in [1.82, 2.24) is 10.2 Å². The number of rotatable bonds is 2. The second-order valence-electron chi connectivity index (χ2n) is 4.69. The standard InChI is InChI=1S/C14H17ClN2O2/c1-16-14(19)17-8-6-11(7-9-17)13(18)10-2-4-12(15)5-3-10/h2-5,11H,6-9H2,1H3,(H,16,19). The van der Waals surface area contributed by atoms with Gasteiger partial charge in [-0.05, 0) is 37.1 Å². The van der Waals surface area contributed by atoms with Crippen LogP contribution in [0.3, 0.4) is 0 Å². The second-order valence-corrected chi connectivity index (χ2v) is 5.12. The number of hydrogen-bond acceptors (Lipinski definition) is 2. The minimum absolute atomic E-state index is 0.00193. The zero-order valence-electron chi connectivity index (χ0n) is 10.9. The van der Waals surface area contributed by atoms with Crippen molar-refractivity contribution in [1.29, 1.82) is 0 Å². The number of ketones is 1. The van der Waals surface area contributed by atoms with Crippen LogP contribution in [0.2, 0.25) is 5.02 Å². The monoisotopic (exact) mass is 280 g/mol. The quantitative estimate of drug-likeness (QED) is 0.847. The number of benzene rings is 1.